The van der Waals surface area contributed by atoms with Crippen molar-refractivity contribution in [3.8, 4) is 5.69 Å². The van der Waals surface area contributed by atoms with Crippen LogP contribution >= 0.6 is 0 Å². The van der Waals surface area contributed by atoms with Crippen LogP contribution in [0, 0.1) is 0 Å². The summed E-state index contributed by atoms with van der Waals surface area (Å²) < 4.78 is 6.99. The predicted octanol–water partition coefficient (Wildman–Crippen LogP) is 4.47. The maximum atomic E-state index is 14.0. The van der Waals surface area contributed by atoms with Crippen LogP contribution in [0.2, 0.25) is 0 Å². The summed E-state index contributed by atoms with van der Waals surface area (Å²) in [6.07, 6.45) is 5.08. The van der Waals surface area contributed by atoms with Gasteiger partial charge in [0.2, 0.25) is 11.9 Å². The number of ether oxygens (including phenoxy) is 1. The zero-order valence-corrected chi connectivity index (χ0v) is 22.9. The molecule has 1 fully saturated rings. The van der Waals surface area contributed by atoms with Crippen molar-refractivity contribution < 1.29 is 9.53 Å². The normalized spacial score (nSPS) is 13.1. The van der Waals surface area contributed by atoms with Crippen molar-refractivity contribution in [2.24, 2.45) is 0 Å². The summed E-state index contributed by atoms with van der Waals surface area (Å²) in [6, 6.07) is 22.6. The number of aromatic nitrogens is 4. The van der Waals surface area contributed by atoms with E-state index in [9.17, 15) is 9.59 Å². The third-order valence-corrected chi connectivity index (χ3v) is 6.95. The number of morpholine rings is 1. The van der Waals surface area contributed by atoms with Crippen molar-refractivity contribution in [3.05, 3.63) is 119 Å². The van der Waals surface area contributed by atoms with E-state index in [0.29, 0.717) is 53.6 Å². The van der Waals surface area contributed by atoms with Gasteiger partial charge in [-0.15, -0.1) is 0 Å². The standard InChI is InChI=1S/C32H29N7O3/c1-2-29(40)35-25-9-6-10-27(19-25)39-30-24(18-23(31(39)41)17-22-7-4-3-5-8-22)20-34-32(37-30)36-26-11-12-28(33-21-26)38-13-15-42-16-14-38/h2-12,18-21H,1,13-17H2,(H,35,40)(H,34,36,37). The summed E-state index contributed by atoms with van der Waals surface area (Å²) in [5.41, 5.74) is 3.64. The Kier molecular flexibility index (Phi) is 7.69. The molecule has 4 heterocycles. The molecule has 1 saturated heterocycles. The van der Waals surface area contributed by atoms with Gasteiger partial charge in [0.1, 0.15) is 5.82 Å². The lowest BCUT2D eigenvalue weighted by Crippen LogP contribution is -2.36. The predicted molar refractivity (Wildman–Crippen MR) is 164 cm³/mol. The highest BCUT2D eigenvalue weighted by Gasteiger charge is 2.16. The van der Waals surface area contributed by atoms with E-state index in [-0.39, 0.29) is 11.5 Å². The molecule has 1 aliphatic rings. The maximum absolute atomic E-state index is 14.0. The van der Waals surface area contributed by atoms with Gasteiger partial charge >= 0.3 is 0 Å². The SMILES string of the molecule is C=CC(=O)Nc1cccc(-n2c(=O)c(Cc3ccccc3)cc3cnc(Nc4ccc(N5CCOCC5)nc4)nc32)c1. The number of benzene rings is 2. The molecule has 0 unspecified atom stereocenters. The van der Waals surface area contributed by atoms with Crippen molar-refractivity contribution in [2.45, 2.75) is 6.42 Å². The van der Waals surface area contributed by atoms with Crippen LogP contribution in [0.4, 0.5) is 23.1 Å². The van der Waals surface area contributed by atoms with Crippen molar-refractivity contribution in [1.29, 1.82) is 0 Å². The minimum Gasteiger partial charge on any atom is -0.378 e. The minimum atomic E-state index is -0.343. The van der Waals surface area contributed by atoms with Crippen molar-refractivity contribution in [3.63, 3.8) is 0 Å². The molecule has 42 heavy (non-hydrogen) atoms. The molecular weight excluding hydrogens is 530 g/mol. The number of nitrogens with zero attached hydrogens (tertiary/aromatic N) is 5. The second-order valence-corrected chi connectivity index (χ2v) is 9.82. The monoisotopic (exact) mass is 559 g/mol. The van der Waals surface area contributed by atoms with E-state index in [0.717, 1.165) is 30.2 Å². The number of hydrogen-bond donors (Lipinski definition) is 2. The zero-order valence-electron chi connectivity index (χ0n) is 22.9. The summed E-state index contributed by atoms with van der Waals surface area (Å²) >= 11 is 0. The topological polar surface area (TPSA) is 114 Å². The second-order valence-electron chi connectivity index (χ2n) is 9.82. The van der Waals surface area contributed by atoms with Gasteiger partial charge in [0.25, 0.3) is 5.56 Å². The number of nitrogens with one attached hydrogen (secondary N) is 2. The van der Waals surface area contributed by atoms with E-state index in [2.05, 4.69) is 32.1 Å². The lowest BCUT2D eigenvalue weighted by Gasteiger charge is -2.27. The Labute approximate surface area is 242 Å². The second kappa shape index (κ2) is 12.0. The Bertz CT molecular complexity index is 1800. The van der Waals surface area contributed by atoms with Crippen molar-refractivity contribution in [2.75, 3.05) is 41.8 Å². The number of fused-ring (bicyclic) bond motifs is 1. The van der Waals surface area contributed by atoms with Gasteiger partial charge in [-0.2, -0.15) is 4.98 Å². The molecule has 10 nitrogen and oxygen atoms in total. The molecule has 5 aromatic rings. The molecule has 0 saturated carbocycles. The van der Waals surface area contributed by atoms with E-state index in [1.807, 2.05) is 48.5 Å². The number of carbonyl (C=O) groups excluding carboxylic acids is 1. The molecule has 0 aliphatic carbocycles. The number of amides is 1. The number of rotatable bonds is 8. The summed E-state index contributed by atoms with van der Waals surface area (Å²) in [4.78, 5) is 42.0. The van der Waals surface area contributed by atoms with E-state index >= 15 is 0 Å². The van der Waals surface area contributed by atoms with E-state index < -0.39 is 0 Å². The molecule has 1 amide bonds. The molecule has 1 aliphatic heterocycles. The van der Waals surface area contributed by atoms with Crippen molar-refractivity contribution >= 4 is 40.1 Å². The molecule has 210 valence electrons. The summed E-state index contributed by atoms with van der Waals surface area (Å²) in [5, 5.41) is 6.67. The third kappa shape index (κ3) is 5.89. The molecule has 3 aromatic heterocycles. The molecule has 0 spiro atoms. The summed E-state index contributed by atoms with van der Waals surface area (Å²) in [6.45, 7) is 6.49. The highest BCUT2D eigenvalue weighted by Crippen LogP contribution is 2.23. The third-order valence-electron chi connectivity index (χ3n) is 6.95. The first-order valence-corrected chi connectivity index (χ1v) is 13.6. The Morgan fingerprint density at radius 2 is 1.79 bits per heavy atom. The quantitative estimate of drug-likeness (QED) is 0.268. The van der Waals surface area contributed by atoms with Gasteiger partial charge < -0.3 is 20.3 Å². The fourth-order valence-corrected chi connectivity index (χ4v) is 4.88. The number of anilines is 4. The lowest BCUT2D eigenvalue weighted by molar-refractivity contribution is -0.111. The van der Waals surface area contributed by atoms with E-state index in [1.165, 1.54) is 6.08 Å². The van der Waals surface area contributed by atoms with Crippen LogP contribution in [0.15, 0.2) is 103 Å². The van der Waals surface area contributed by atoms with Crippen LogP contribution in [-0.2, 0) is 16.0 Å². The van der Waals surface area contributed by atoms with Gasteiger partial charge in [-0.3, -0.25) is 14.2 Å². The summed E-state index contributed by atoms with van der Waals surface area (Å²) in [7, 11) is 0. The van der Waals surface area contributed by atoms with Crippen LogP contribution in [0.25, 0.3) is 16.7 Å². The Hall–Kier alpha value is -5.35. The molecule has 2 N–H and O–H groups in total. The minimum absolute atomic E-state index is 0.209. The zero-order chi connectivity index (χ0) is 28.9. The molecule has 0 atom stereocenters. The van der Waals surface area contributed by atoms with Gasteiger partial charge in [0, 0.05) is 42.3 Å². The molecular formula is C32H29N7O3. The molecule has 6 rings (SSSR count). The highest BCUT2D eigenvalue weighted by atomic mass is 16.5. The Morgan fingerprint density at radius 1 is 0.952 bits per heavy atom. The fraction of sp³-hybridized carbons (Fsp3) is 0.156. The number of hydrogen-bond acceptors (Lipinski definition) is 8. The number of pyridine rings is 2. The van der Waals surface area contributed by atoms with Gasteiger partial charge in [-0.05, 0) is 48.0 Å². The van der Waals surface area contributed by atoms with Gasteiger partial charge in [0.15, 0.2) is 5.65 Å². The molecule has 0 radical (unpaired) electrons. The van der Waals surface area contributed by atoms with Crippen LogP contribution in [0.3, 0.4) is 0 Å². The van der Waals surface area contributed by atoms with E-state index in [1.54, 1.807) is 41.2 Å². The molecule has 10 heteroatoms. The Balaban J connectivity index is 1.39. The van der Waals surface area contributed by atoms with Gasteiger partial charge in [-0.1, -0.05) is 43.0 Å². The maximum Gasteiger partial charge on any atom is 0.260 e. The van der Waals surface area contributed by atoms with Crippen LogP contribution in [0.5, 0.6) is 0 Å². The first kappa shape index (κ1) is 26.9. The van der Waals surface area contributed by atoms with Crippen molar-refractivity contribution in [1.82, 2.24) is 19.5 Å². The Morgan fingerprint density at radius 3 is 2.55 bits per heavy atom. The summed E-state index contributed by atoms with van der Waals surface area (Å²) in [5.74, 6) is 0.860. The number of carbonyl (C=O) groups is 1. The smallest absolute Gasteiger partial charge is 0.260 e. The molecule has 0 bridgehead atoms. The van der Waals surface area contributed by atoms with E-state index in [4.69, 9.17) is 9.72 Å². The lowest BCUT2D eigenvalue weighted by atomic mass is 10.1. The first-order chi connectivity index (χ1) is 20.6. The highest BCUT2D eigenvalue weighted by molar-refractivity contribution is 5.99. The average Bonchev–Trinajstić information content (AvgIpc) is 3.03. The molecule has 2 aromatic carbocycles. The van der Waals surface area contributed by atoms with Gasteiger partial charge in [0.05, 0.1) is 30.8 Å². The van der Waals surface area contributed by atoms with Crippen LogP contribution in [-0.4, -0.2) is 51.7 Å². The first-order valence-electron chi connectivity index (χ1n) is 13.6. The van der Waals surface area contributed by atoms with Crippen LogP contribution in [0.1, 0.15) is 11.1 Å². The van der Waals surface area contributed by atoms with Crippen LogP contribution < -0.4 is 21.1 Å². The van der Waals surface area contributed by atoms with Gasteiger partial charge in [-0.25, -0.2) is 9.97 Å². The fourth-order valence-electron chi connectivity index (χ4n) is 4.88. The largest absolute Gasteiger partial charge is 0.378 e. The average molecular weight is 560 g/mol.